The quantitative estimate of drug-likeness (QED) is 0.881. The first-order chi connectivity index (χ1) is 9.20. The smallest absolute Gasteiger partial charge is 0.257 e. The fourth-order valence-corrected chi connectivity index (χ4v) is 1.78. The second-order valence-electron chi connectivity index (χ2n) is 4.12. The predicted molar refractivity (Wildman–Crippen MR) is 75.3 cm³/mol. The number of aromatic nitrogens is 2. The van der Waals surface area contributed by atoms with Crippen LogP contribution < -0.4 is 10.6 Å². The lowest BCUT2D eigenvalue weighted by molar-refractivity contribution is 0.102. The molecule has 0 saturated heterocycles. The first-order valence-electron chi connectivity index (χ1n) is 6.14. The number of benzene rings is 1. The molecule has 1 heterocycles. The lowest BCUT2D eigenvalue weighted by Gasteiger charge is -2.09. The molecule has 2 N–H and O–H groups in total. The average molecular weight is 256 g/mol. The molecule has 0 spiro atoms. The number of hydrogen-bond acceptors (Lipinski definition) is 4. The molecule has 0 bridgehead atoms. The highest BCUT2D eigenvalue weighted by molar-refractivity contribution is 6.04. The van der Waals surface area contributed by atoms with E-state index in [4.69, 9.17) is 0 Å². The van der Waals surface area contributed by atoms with E-state index >= 15 is 0 Å². The average Bonchev–Trinajstić information content (AvgIpc) is 2.40. The van der Waals surface area contributed by atoms with Crippen molar-refractivity contribution in [1.29, 1.82) is 0 Å². The summed E-state index contributed by atoms with van der Waals surface area (Å²) in [6, 6.07) is 9.08. The van der Waals surface area contributed by atoms with Crippen LogP contribution in [0, 0.1) is 6.92 Å². The Hall–Kier alpha value is -2.43. The Labute approximate surface area is 112 Å². The highest BCUT2D eigenvalue weighted by Crippen LogP contribution is 2.16. The van der Waals surface area contributed by atoms with Crippen molar-refractivity contribution in [2.75, 3.05) is 17.2 Å². The summed E-state index contributed by atoms with van der Waals surface area (Å²) in [6.45, 7) is 4.79. The highest BCUT2D eigenvalue weighted by atomic mass is 16.1. The van der Waals surface area contributed by atoms with Gasteiger partial charge in [-0.1, -0.05) is 0 Å². The lowest BCUT2D eigenvalue weighted by atomic mass is 10.1. The monoisotopic (exact) mass is 256 g/mol. The van der Waals surface area contributed by atoms with E-state index in [2.05, 4.69) is 20.8 Å². The Bertz CT molecular complexity index is 569. The minimum atomic E-state index is -0.180. The van der Waals surface area contributed by atoms with Crippen LogP contribution in [0.25, 0.3) is 0 Å². The van der Waals surface area contributed by atoms with Gasteiger partial charge in [0.2, 0.25) is 0 Å². The van der Waals surface area contributed by atoms with Gasteiger partial charge in [-0.15, -0.1) is 5.10 Å². The van der Waals surface area contributed by atoms with Crippen molar-refractivity contribution in [3.05, 3.63) is 47.7 Å². The Balaban J connectivity index is 2.15. The molecule has 0 fully saturated rings. The molecule has 5 heteroatoms. The molecule has 19 heavy (non-hydrogen) atoms. The Kier molecular flexibility index (Phi) is 4.07. The van der Waals surface area contributed by atoms with Gasteiger partial charge in [-0.05, 0) is 49.7 Å². The van der Waals surface area contributed by atoms with Crippen molar-refractivity contribution in [3.8, 4) is 0 Å². The fourth-order valence-electron chi connectivity index (χ4n) is 1.78. The van der Waals surface area contributed by atoms with E-state index in [0.717, 1.165) is 17.8 Å². The summed E-state index contributed by atoms with van der Waals surface area (Å²) >= 11 is 0. The zero-order valence-corrected chi connectivity index (χ0v) is 11.0. The van der Waals surface area contributed by atoms with Crippen LogP contribution in [0.3, 0.4) is 0 Å². The van der Waals surface area contributed by atoms with Crippen molar-refractivity contribution in [3.63, 3.8) is 0 Å². The number of anilines is 2. The van der Waals surface area contributed by atoms with E-state index in [-0.39, 0.29) is 5.91 Å². The molecule has 98 valence electrons. The summed E-state index contributed by atoms with van der Waals surface area (Å²) in [5.41, 5.74) is 2.56. The van der Waals surface area contributed by atoms with E-state index < -0.39 is 0 Å². The zero-order valence-electron chi connectivity index (χ0n) is 11.0. The number of hydrogen-bond donors (Lipinski definition) is 2. The second kappa shape index (κ2) is 5.95. The second-order valence-corrected chi connectivity index (χ2v) is 4.12. The number of amides is 1. The maximum atomic E-state index is 12.1. The van der Waals surface area contributed by atoms with Gasteiger partial charge in [0.05, 0.1) is 0 Å². The summed E-state index contributed by atoms with van der Waals surface area (Å²) in [5, 5.41) is 13.5. The third-order valence-corrected chi connectivity index (χ3v) is 2.67. The van der Waals surface area contributed by atoms with E-state index in [1.54, 1.807) is 24.4 Å². The molecule has 1 aromatic heterocycles. The normalized spacial score (nSPS) is 10.0. The summed E-state index contributed by atoms with van der Waals surface area (Å²) in [6.07, 6.45) is 1.56. The van der Waals surface area contributed by atoms with Gasteiger partial charge in [-0.2, -0.15) is 5.10 Å². The third kappa shape index (κ3) is 3.28. The van der Waals surface area contributed by atoms with Crippen LogP contribution in [0.1, 0.15) is 22.8 Å². The van der Waals surface area contributed by atoms with E-state index in [1.807, 2.05) is 26.0 Å². The minimum absolute atomic E-state index is 0.180. The number of rotatable bonds is 4. The maximum Gasteiger partial charge on any atom is 0.257 e. The van der Waals surface area contributed by atoms with Gasteiger partial charge in [0.25, 0.3) is 5.91 Å². The van der Waals surface area contributed by atoms with Gasteiger partial charge < -0.3 is 10.6 Å². The number of nitrogens with one attached hydrogen (secondary N) is 2. The third-order valence-electron chi connectivity index (χ3n) is 2.67. The first-order valence-corrected chi connectivity index (χ1v) is 6.14. The van der Waals surface area contributed by atoms with Crippen molar-refractivity contribution in [1.82, 2.24) is 10.2 Å². The maximum absolute atomic E-state index is 12.1. The molecule has 0 radical (unpaired) electrons. The van der Waals surface area contributed by atoms with Crippen LogP contribution in [-0.2, 0) is 0 Å². The minimum Gasteiger partial charge on any atom is -0.385 e. The van der Waals surface area contributed by atoms with Crippen LogP contribution in [0.2, 0.25) is 0 Å². The highest BCUT2D eigenvalue weighted by Gasteiger charge is 2.10. The molecule has 0 atom stereocenters. The topological polar surface area (TPSA) is 66.9 Å². The number of carbonyl (C=O) groups is 1. The van der Waals surface area contributed by atoms with E-state index in [9.17, 15) is 4.79 Å². The number of nitrogens with zero attached hydrogens (tertiary/aromatic N) is 2. The van der Waals surface area contributed by atoms with Crippen molar-refractivity contribution >= 4 is 17.4 Å². The molecular formula is C14H16N4O. The zero-order chi connectivity index (χ0) is 13.7. The van der Waals surface area contributed by atoms with Crippen LogP contribution >= 0.6 is 0 Å². The van der Waals surface area contributed by atoms with Gasteiger partial charge in [0.1, 0.15) is 0 Å². The number of carbonyl (C=O) groups excluding carboxylic acids is 1. The van der Waals surface area contributed by atoms with Gasteiger partial charge in [-0.3, -0.25) is 4.79 Å². The van der Waals surface area contributed by atoms with Gasteiger partial charge in [0.15, 0.2) is 5.82 Å². The van der Waals surface area contributed by atoms with Gasteiger partial charge in [-0.25, -0.2) is 0 Å². The predicted octanol–water partition coefficient (Wildman–Crippen LogP) is 2.47. The Morgan fingerprint density at radius 3 is 2.79 bits per heavy atom. The van der Waals surface area contributed by atoms with Crippen LogP contribution in [0.4, 0.5) is 11.5 Å². The molecule has 1 aromatic carbocycles. The summed E-state index contributed by atoms with van der Waals surface area (Å²) < 4.78 is 0. The van der Waals surface area contributed by atoms with Crippen molar-refractivity contribution < 1.29 is 4.79 Å². The fraction of sp³-hybridized carbons (Fsp3) is 0.214. The molecular weight excluding hydrogens is 240 g/mol. The van der Waals surface area contributed by atoms with Crippen molar-refractivity contribution in [2.45, 2.75) is 13.8 Å². The summed E-state index contributed by atoms with van der Waals surface area (Å²) in [5.74, 6) is 0.267. The molecule has 1 amide bonds. The van der Waals surface area contributed by atoms with Crippen molar-refractivity contribution in [2.24, 2.45) is 0 Å². The number of aryl methyl sites for hydroxylation is 1. The van der Waals surface area contributed by atoms with E-state index in [0.29, 0.717) is 11.4 Å². The molecule has 0 aliphatic rings. The molecule has 0 aliphatic carbocycles. The SMILES string of the molecule is CCNc1ccc(C(=O)Nc2cccnn2)c(C)c1. The molecule has 0 aliphatic heterocycles. The van der Waals surface area contributed by atoms with E-state index in [1.165, 1.54) is 0 Å². The Morgan fingerprint density at radius 1 is 1.32 bits per heavy atom. The lowest BCUT2D eigenvalue weighted by Crippen LogP contribution is -2.14. The van der Waals surface area contributed by atoms with Crippen LogP contribution in [-0.4, -0.2) is 22.6 Å². The Morgan fingerprint density at radius 2 is 2.16 bits per heavy atom. The summed E-state index contributed by atoms with van der Waals surface area (Å²) in [7, 11) is 0. The molecule has 2 rings (SSSR count). The molecule has 5 nitrogen and oxygen atoms in total. The molecule has 2 aromatic rings. The standard InChI is InChI=1S/C14H16N4O/c1-3-15-11-6-7-12(10(2)9-11)14(19)17-13-5-4-8-16-18-13/h4-9,15H,3H2,1-2H3,(H,17,18,19). The largest absolute Gasteiger partial charge is 0.385 e. The van der Waals surface area contributed by atoms with Crippen LogP contribution in [0.15, 0.2) is 36.5 Å². The van der Waals surface area contributed by atoms with Gasteiger partial charge in [0, 0.05) is 24.0 Å². The summed E-state index contributed by atoms with van der Waals surface area (Å²) in [4.78, 5) is 12.1. The van der Waals surface area contributed by atoms with Gasteiger partial charge >= 0.3 is 0 Å². The first kappa shape index (κ1) is 13.0. The molecule has 0 saturated carbocycles. The molecule has 0 unspecified atom stereocenters. The van der Waals surface area contributed by atoms with Crippen LogP contribution in [0.5, 0.6) is 0 Å².